The quantitative estimate of drug-likeness (QED) is 0.362. The second-order valence-corrected chi connectivity index (χ2v) is 10.1. The van der Waals surface area contributed by atoms with Crippen molar-refractivity contribution >= 4 is 17.4 Å². The molecule has 35 heavy (non-hydrogen) atoms. The Kier molecular flexibility index (Phi) is 6.63. The molecule has 2 atom stereocenters. The zero-order valence-electron chi connectivity index (χ0n) is 19.4. The maximum absolute atomic E-state index is 12.9. The van der Waals surface area contributed by atoms with E-state index < -0.39 is 11.7 Å². The molecule has 2 unspecified atom stereocenters. The van der Waals surface area contributed by atoms with E-state index in [0.29, 0.717) is 17.9 Å². The first kappa shape index (κ1) is 23.9. The number of rotatable bonds is 7. The highest BCUT2D eigenvalue weighted by Crippen LogP contribution is 2.37. The Morgan fingerprint density at radius 1 is 1.09 bits per heavy atom. The first-order chi connectivity index (χ1) is 16.8. The summed E-state index contributed by atoms with van der Waals surface area (Å²) in [5.74, 6) is 1.92. The van der Waals surface area contributed by atoms with Gasteiger partial charge in [-0.2, -0.15) is 13.2 Å². The summed E-state index contributed by atoms with van der Waals surface area (Å²) < 4.78 is 42.0. The van der Waals surface area contributed by atoms with Crippen LogP contribution in [-0.4, -0.2) is 62.2 Å². The lowest BCUT2D eigenvalue weighted by atomic mass is 10.0. The number of thioether (sulfide) groups is 1. The topological polar surface area (TPSA) is 59.2 Å². The molecule has 7 nitrogen and oxygen atoms in total. The molecule has 4 heterocycles. The minimum absolute atomic E-state index is 0.149. The van der Waals surface area contributed by atoms with E-state index in [9.17, 15) is 18.0 Å². The molecule has 0 saturated carbocycles. The van der Waals surface area contributed by atoms with E-state index >= 15 is 0 Å². The summed E-state index contributed by atoms with van der Waals surface area (Å²) in [6, 6.07) is 10.9. The number of anilines is 1. The number of hydrogen-bond donors (Lipinski definition) is 0. The van der Waals surface area contributed by atoms with Crippen LogP contribution in [0, 0.1) is 5.92 Å². The SMILES string of the molecule is Cn1c(SCCCN2CC3CCN(c4ccc(C(F)(F)F)cc4)C3C2)nnc1-n1ccccc1=O. The lowest BCUT2D eigenvalue weighted by Gasteiger charge is -2.27. The standard InChI is InChI=1S/C24H27F3N6OS/c1-30-22(33-12-3-2-5-21(33)34)28-29-23(30)35-14-4-11-31-15-17-10-13-32(20(17)16-31)19-8-6-18(7-9-19)24(25,26)27/h2-3,5-9,12,17,20H,4,10-11,13-16H2,1H3. The number of halogens is 3. The van der Waals surface area contributed by atoms with Crippen molar-refractivity contribution in [2.24, 2.45) is 13.0 Å². The van der Waals surface area contributed by atoms with Gasteiger partial charge in [-0.05, 0) is 55.6 Å². The van der Waals surface area contributed by atoms with Gasteiger partial charge in [0.15, 0.2) is 5.16 Å². The number of nitrogens with zero attached hydrogens (tertiary/aromatic N) is 6. The number of alkyl halides is 3. The van der Waals surface area contributed by atoms with Crippen LogP contribution < -0.4 is 10.5 Å². The van der Waals surface area contributed by atoms with Crippen LogP contribution in [0.15, 0.2) is 58.6 Å². The Balaban J connectivity index is 1.12. The van der Waals surface area contributed by atoms with Crippen molar-refractivity contribution in [2.45, 2.75) is 30.2 Å². The van der Waals surface area contributed by atoms with Crippen LogP contribution >= 0.6 is 11.8 Å². The van der Waals surface area contributed by atoms with Crippen LogP contribution in [0.1, 0.15) is 18.4 Å². The van der Waals surface area contributed by atoms with Gasteiger partial charge in [-0.3, -0.25) is 13.9 Å². The molecule has 2 aliphatic rings. The van der Waals surface area contributed by atoms with Crippen LogP contribution in [0.2, 0.25) is 0 Å². The summed E-state index contributed by atoms with van der Waals surface area (Å²) in [7, 11) is 1.86. The third kappa shape index (κ3) is 4.97. The maximum Gasteiger partial charge on any atom is 0.416 e. The van der Waals surface area contributed by atoms with Gasteiger partial charge in [0, 0.05) is 56.4 Å². The molecule has 0 bridgehead atoms. The van der Waals surface area contributed by atoms with Gasteiger partial charge >= 0.3 is 6.18 Å². The number of aromatic nitrogens is 4. The molecular weight excluding hydrogens is 477 g/mol. The molecule has 0 spiro atoms. The van der Waals surface area contributed by atoms with Gasteiger partial charge in [0.1, 0.15) is 0 Å². The maximum atomic E-state index is 12.9. The van der Waals surface area contributed by atoms with Crippen molar-refractivity contribution in [1.82, 2.24) is 24.2 Å². The molecule has 2 fully saturated rings. The van der Waals surface area contributed by atoms with E-state index in [2.05, 4.69) is 20.0 Å². The lowest BCUT2D eigenvalue weighted by molar-refractivity contribution is -0.137. The number of likely N-dealkylation sites (tertiary alicyclic amines) is 1. The van der Waals surface area contributed by atoms with E-state index in [-0.39, 0.29) is 5.56 Å². The minimum Gasteiger partial charge on any atom is -0.367 e. The Labute approximate surface area is 205 Å². The highest BCUT2D eigenvalue weighted by atomic mass is 32.2. The molecule has 1 aromatic carbocycles. The van der Waals surface area contributed by atoms with Crippen molar-refractivity contribution in [2.75, 3.05) is 36.8 Å². The van der Waals surface area contributed by atoms with E-state index in [1.807, 2.05) is 11.6 Å². The summed E-state index contributed by atoms with van der Waals surface area (Å²) in [5.41, 5.74) is 0.122. The van der Waals surface area contributed by atoms with E-state index in [4.69, 9.17) is 0 Å². The van der Waals surface area contributed by atoms with Gasteiger partial charge in [-0.15, -0.1) is 10.2 Å². The zero-order chi connectivity index (χ0) is 24.6. The Bertz CT molecular complexity index is 1220. The van der Waals surface area contributed by atoms with Crippen LogP contribution in [0.25, 0.3) is 5.95 Å². The fourth-order valence-corrected chi connectivity index (χ4v) is 5.91. The van der Waals surface area contributed by atoms with Crippen LogP contribution in [0.5, 0.6) is 0 Å². The van der Waals surface area contributed by atoms with Gasteiger partial charge < -0.3 is 9.80 Å². The van der Waals surface area contributed by atoms with E-state index in [0.717, 1.165) is 55.6 Å². The molecule has 2 aliphatic heterocycles. The summed E-state index contributed by atoms with van der Waals surface area (Å²) in [4.78, 5) is 16.8. The fraction of sp³-hybridized carbons (Fsp3) is 0.458. The predicted molar refractivity (Wildman–Crippen MR) is 129 cm³/mol. The fourth-order valence-electron chi connectivity index (χ4n) is 5.08. The Morgan fingerprint density at radius 3 is 2.63 bits per heavy atom. The summed E-state index contributed by atoms with van der Waals surface area (Å²) in [6.07, 6.45) is -0.575. The van der Waals surface area contributed by atoms with Gasteiger partial charge in [0.2, 0.25) is 5.95 Å². The number of benzene rings is 1. The van der Waals surface area contributed by atoms with Crippen LogP contribution in [-0.2, 0) is 13.2 Å². The van der Waals surface area contributed by atoms with Crippen LogP contribution in [0.4, 0.5) is 18.9 Å². The summed E-state index contributed by atoms with van der Waals surface area (Å²) in [6.45, 7) is 3.81. The number of pyridine rings is 1. The van der Waals surface area contributed by atoms with Gasteiger partial charge in [0.25, 0.3) is 5.56 Å². The van der Waals surface area contributed by atoms with Gasteiger partial charge in [-0.25, -0.2) is 0 Å². The Morgan fingerprint density at radius 2 is 1.89 bits per heavy atom. The normalized spacial score (nSPS) is 20.5. The first-order valence-electron chi connectivity index (χ1n) is 11.7. The second kappa shape index (κ2) is 9.69. The number of hydrogen-bond acceptors (Lipinski definition) is 6. The average Bonchev–Trinajstić information content (AvgIpc) is 3.51. The molecule has 0 aliphatic carbocycles. The van der Waals surface area contributed by atoms with E-state index in [1.54, 1.807) is 42.2 Å². The van der Waals surface area contributed by atoms with Crippen LogP contribution in [0.3, 0.4) is 0 Å². The molecule has 11 heteroatoms. The molecule has 0 amide bonds. The molecule has 186 valence electrons. The minimum atomic E-state index is -4.31. The first-order valence-corrected chi connectivity index (χ1v) is 12.7. The molecule has 5 rings (SSSR count). The molecule has 0 N–H and O–H groups in total. The lowest BCUT2D eigenvalue weighted by Crippen LogP contribution is -2.35. The zero-order valence-corrected chi connectivity index (χ0v) is 20.2. The predicted octanol–water partition coefficient (Wildman–Crippen LogP) is 3.68. The Hall–Kier alpha value is -2.79. The van der Waals surface area contributed by atoms with Crippen molar-refractivity contribution in [3.8, 4) is 5.95 Å². The molecular formula is C24H27F3N6OS. The average molecular weight is 505 g/mol. The highest BCUT2D eigenvalue weighted by Gasteiger charge is 2.41. The van der Waals surface area contributed by atoms with Crippen molar-refractivity contribution in [3.63, 3.8) is 0 Å². The third-order valence-electron chi connectivity index (χ3n) is 6.85. The smallest absolute Gasteiger partial charge is 0.367 e. The van der Waals surface area contributed by atoms with Gasteiger partial charge in [-0.1, -0.05) is 17.8 Å². The summed E-state index contributed by atoms with van der Waals surface area (Å²) in [5, 5.41) is 9.18. The van der Waals surface area contributed by atoms with Crippen molar-refractivity contribution in [3.05, 3.63) is 64.6 Å². The molecule has 2 aromatic heterocycles. The third-order valence-corrected chi connectivity index (χ3v) is 7.96. The van der Waals surface area contributed by atoms with E-state index in [1.165, 1.54) is 22.8 Å². The highest BCUT2D eigenvalue weighted by molar-refractivity contribution is 7.99. The number of fused-ring (bicyclic) bond motifs is 1. The molecule has 2 saturated heterocycles. The summed E-state index contributed by atoms with van der Waals surface area (Å²) >= 11 is 1.62. The van der Waals surface area contributed by atoms with Gasteiger partial charge in [0.05, 0.1) is 5.56 Å². The van der Waals surface area contributed by atoms with Crippen molar-refractivity contribution < 1.29 is 13.2 Å². The van der Waals surface area contributed by atoms with Crippen molar-refractivity contribution in [1.29, 1.82) is 0 Å². The second-order valence-electron chi connectivity index (χ2n) is 9.07. The molecule has 3 aromatic rings. The molecule has 0 radical (unpaired) electrons. The largest absolute Gasteiger partial charge is 0.416 e. The monoisotopic (exact) mass is 504 g/mol.